The lowest BCUT2D eigenvalue weighted by molar-refractivity contribution is 0.340. The van der Waals surface area contributed by atoms with Gasteiger partial charge < -0.3 is 9.26 Å². The molecule has 2 aromatic rings. The summed E-state index contributed by atoms with van der Waals surface area (Å²) in [6.07, 6.45) is 0. The van der Waals surface area contributed by atoms with Gasteiger partial charge in [-0.2, -0.15) is 0 Å². The number of rotatable bonds is 5. The van der Waals surface area contributed by atoms with Gasteiger partial charge in [0.2, 0.25) is 0 Å². The largest absolute Gasteiger partial charge is 0.494 e. The summed E-state index contributed by atoms with van der Waals surface area (Å²) in [6, 6.07) is 16.5. The van der Waals surface area contributed by atoms with Gasteiger partial charge in [0, 0.05) is 17.7 Å². The molecule has 2 aromatic carbocycles. The zero-order chi connectivity index (χ0) is 13.7. The predicted molar refractivity (Wildman–Crippen MR) is 77.9 cm³/mol. The van der Waals surface area contributed by atoms with Crippen molar-refractivity contribution in [3.8, 4) is 5.75 Å². The molecule has 0 amide bonds. The fraction of sp³-hybridized carbons (Fsp3) is 0.200. The molecule has 4 heteroatoms. The molecule has 0 aromatic heterocycles. The Labute approximate surface area is 113 Å². The molecule has 0 bridgehead atoms. The Morgan fingerprint density at radius 1 is 1.00 bits per heavy atom. The normalized spacial score (nSPS) is 13.8. The van der Waals surface area contributed by atoms with Crippen LogP contribution in [0.3, 0.4) is 0 Å². The van der Waals surface area contributed by atoms with Crippen molar-refractivity contribution in [2.75, 3.05) is 13.7 Å². The van der Waals surface area contributed by atoms with Crippen LogP contribution in [0.15, 0.2) is 54.6 Å². The van der Waals surface area contributed by atoms with Crippen LogP contribution in [0.1, 0.15) is 6.92 Å². The molecule has 19 heavy (non-hydrogen) atoms. The minimum atomic E-state index is -3.04. The Kier molecular flexibility index (Phi) is 4.41. The summed E-state index contributed by atoms with van der Waals surface area (Å²) in [5, 5.41) is 1.33. The van der Waals surface area contributed by atoms with Gasteiger partial charge in [0.05, 0.1) is 6.61 Å². The van der Waals surface area contributed by atoms with E-state index in [9.17, 15) is 4.57 Å². The maximum atomic E-state index is 13.1. The second-order valence-electron chi connectivity index (χ2n) is 4.00. The van der Waals surface area contributed by atoms with E-state index in [4.69, 9.17) is 9.26 Å². The summed E-state index contributed by atoms with van der Waals surface area (Å²) >= 11 is 0. The maximum Gasteiger partial charge on any atom is 0.261 e. The van der Waals surface area contributed by atoms with Crippen LogP contribution in [0.5, 0.6) is 5.75 Å². The third-order valence-corrected chi connectivity index (χ3v) is 5.27. The Morgan fingerprint density at radius 3 is 2.32 bits per heavy atom. The van der Waals surface area contributed by atoms with Crippen molar-refractivity contribution in [2.45, 2.75) is 6.92 Å². The van der Waals surface area contributed by atoms with Crippen LogP contribution in [0.2, 0.25) is 0 Å². The first kappa shape index (κ1) is 13.9. The quantitative estimate of drug-likeness (QED) is 0.788. The van der Waals surface area contributed by atoms with Gasteiger partial charge in [-0.25, -0.2) is 0 Å². The second kappa shape index (κ2) is 6.05. The summed E-state index contributed by atoms with van der Waals surface area (Å²) < 4.78 is 23.9. The van der Waals surface area contributed by atoms with Crippen molar-refractivity contribution in [1.29, 1.82) is 0 Å². The van der Waals surface area contributed by atoms with E-state index in [0.717, 1.165) is 0 Å². The molecule has 100 valence electrons. The van der Waals surface area contributed by atoms with Crippen molar-refractivity contribution < 1.29 is 13.8 Å². The molecule has 1 atom stereocenters. The number of ether oxygens (including phenoxy) is 1. The van der Waals surface area contributed by atoms with Crippen LogP contribution < -0.4 is 15.3 Å². The highest BCUT2D eigenvalue weighted by molar-refractivity contribution is 7.74. The number of benzene rings is 2. The van der Waals surface area contributed by atoms with Crippen molar-refractivity contribution in [3.63, 3.8) is 0 Å². The first-order chi connectivity index (χ1) is 9.20. The van der Waals surface area contributed by atoms with Crippen LogP contribution in [-0.4, -0.2) is 13.7 Å². The van der Waals surface area contributed by atoms with Gasteiger partial charge in [0.25, 0.3) is 7.37 Å². The topological polar surface area (TPSA) is 35.5 Å². The Bertz CT molecular complexity index is 581. The van der Waals surface area contributed by atoms with Crippen molar-refractivity contribution in [2.24, 2.45) is 0 Å². The van der Waals surface area contributed by atoms with Gasteiger partial charge in [-0.3, -0.25) is 4.57 Å². The van der Waals surface area contributed by atoms with Crippen molar-refractivity contribution in [1.82, 2.24) is 0 Å². The monoisotopic (exact) mass is 276 g/mol. The minimum absolute atomic E-state index is 0.575. The van der Waals surface area contributed by atoms with E-state index in [-0.39, 0.29) is 0 Å². The summed E-state index contributed by atoms with van der Waals surface area (Å²) in [5.41, 5.74) is 0. The molecule has 0 fully saturated rings. The van der Waals surface area contributed by atoms with E-state index in [1.807, 2.05) is 49.4 Å². The maximum absolute atomic E-state index is 13.1. The minimum Gasteiger partial charge on any atom is -0.494 e. The van der Waals surface area contributed by atoms with Crippen LogP contribution in [0.25, 0.3) is 0 Å². The Morgan fingerprint density at radius 2 is 1.68 bits per heavy atom. The summed E-state index contributed by atoms with van der Waals surface area (Å²) in [7, 11) is -1.56. The molecule has 0 saturated heterocycles. The number of hydrogen-bond donors (Lipinski definition) is 0. The van der Waals surface area contributed by atoms with E-state index in [1.54, 1.807) is 12.1 Å². The summed E-state index contributed by atoms with van der Waals surface area (Å²) in [5.74, 6) is 0.702. The lowest BCUT2D eigenvalue weighted by atomic mass is 10.3. The SMILES string of the molecule is CCOc1cccc(P(=O)(OC)c2ccccc2)c1. The van der Waals surface area contributed by atoms with Crippen molar-refractivity contribution >= 4 is 18.0 Å². The van der Waals surface area contributed by atoms with Gasteiger partial charge in [-0.1, -0.05) is 24.3 Å². The molecule has 3 nitrogen and oxygen atoms in total. The van der Waals surface area contributed by atoms with Gasteiger partial charge in [0.1, 0.15) is 5.75 Å². The Hall–Kier alpha value is -1.57. The average molecular weight is 276 g/mol. The van der Waals surface area contributed by atoms with E-state index in [0.29, 0.717) is 23.0 Å². The summed E-state index contributed by atoms with van der Waals surface area (Å²) in [4.78, 5) is 0. The third-order valence-electron chi connectivity index (χ3n) is 2.82. The third kappa shape index (κ3) is 2.89. The van der Waals surface area contributed by atoms with E-state index in [2.05, 4.69) is 0 Å². The van der Waals surface area contributed by atoms with E-state index in [1.165, 1.54) is 7.11 Å². The Balaban J connectivity index is 2.47. The van der Waals surface area contributed by atoms with Crippen LogP contribution in [0.4, 0.5) is 0 Å². The highest BCUT2D eigenvalue weighted by Gasteiger charge is 2.27. The lowest BCUT2D eigenvalue weighted by Crippen LogP contribution is -2.17. The van der Waals surface area contributed by atoms with Crippen LogP contribution in [-0.2, 0) is 9.09 Å². The first-order valence-corrected chi connectivity index (χ1v) is 7.78. The first-order valence-electron chi connectivity index (χ1n) is 6.15. The van der Waals surface area contributed by atoms with Crippen molar-refractivity contribution in [3.05, 3.63) is 54.6 Å². The van der Waals surface area contributed by atoms with E-state index < -0.39 is 7.37 Å². The molecule has 0 heterocycles. The standard InChI is InChI=1S/C15H17O3P/c1-3-18-13-8-7-11-15(12-13)19(16,17-2)14-9-5-4-6-10-14/h4-12H,3H2,1-2H3. The molecular formula is C15H17O3P. The molecular weight excluding hydrogens is 259 g/mol. The zero-order valence-electron chi connectivity index (χ0n) is 11.1. The molecule has 0 saturated carbocycles. The molecule has 0 aliphatic heterocycles. The molecule has 0 aliphatic carbocycles. The fourth-order valence-electron chi connectivity index (χ4n) is 1.91. The van der Waals surface area contributed by atoms with Crippen LogP contribution in [0, 0.1) is 0 Å². The molecule has 1 unspecified atom stereocenters. The number of hydrogen-bond acceptors (Lipinski definition) is 3. The molecule has 0 spiro atoms. The molecule has 0 aliphatic rings. The zero-order valence-corrected chi connectivity index (χ0v) is 12.0. The predicted octanol–water partition coefficient (Wildman–Crippen LogP) is 2.96. The fourth-order valence-corrected chi connectivity index (χ4v) is 3.77. The highest BCUT2D eigenvalue weighted by atomic mass is 31.2. The van der Waals surface area contributed by atoms with E-state index >= 15 is 0 Å². The molecule has 2 rings (SSSR count). The van der Waals surface area contributed by atoms with Crippen LogP contribution >= 0.6 is 7.37 Å². The van der Waals surface area contributed by atoms with Gasteiger partial charge >= 0.3 is 0 Å². The lowest BCUT2D eigenvalue weighted by Gasteiger charge is -2.17. The summed E-state index contributed by atoms with van der Waals surface area (Å²) in [6.45, 7) is 2.49. The van der Waals surface area contributed by atoms with Gasteiger partial charge in [-0.15, -0.1) is 0 Å². The smallest absolute Gasteiger partial charge is 0.261 e. The van der Waals surface area contributed by atoms with Gasteiger partial charge in [0.15, 0.2) is 0 Å². The second-order valence-corrected chi connectivity index (χ2v) is 6.50. The average Bonchev–Trinajstić information content (AvgIpc) is 2.48. The highest BCUT2D eigenvalue weighted by Crippen LogP contribution is 2.44. The molecule has 0 radical (unpaired) electrons. The van der Waals surface area contributed by atoms with Gasteiger partial charge in [-0.05, 0) is 37.3 Å². The molecule has 0 N–H and O–H groups in total.